The SMILES string of the molecule is O=[N+]([O-])c1ccc(N/N=C(/c2ccc(Br)cc2)c2ccc3c(c2)OCCO3)c([N+](=O)[O-])c1. The third-order valence-corrected chi connectivity index (χ3v) is 5.14. The molecule has 0 unspecified atom stereocenters. The van der Waals surface area contributed by atoms with E-state index in [1.807, 2.05) is 24.3 Å². The number of hydrazone groups is 1. The van der Waals surface area contributed by atoms with Crippen molar-refractivity contribution < 1.29 is 19.3 Å². The van der Waals surface area contributed by atoms with Crippen LogP contribution in [0.5, 0.6) is 11.5 Å². The summed E-state index contributed by atoms with van der Waals surface area (Å²) in [5, 5.41) is 26.8. The molecule has 11 heteroatoms. The Hall–Kier alpha value is -3.99. The maximum atomic E-state index is 11.4. The van der Waals surface area contributed by atoms with Gasteiger partial charge in [0.05, 0.1) is 21.6 Å². The Kier molecular flexibility index (Phi) is 5.99. The van der Waals surface area contributed by atoms with Gasteiger partial charge in [-0.3, -0.25) is 25.7 Å². The number of hydrogen-bond acceptors (Lipinski definition) is 8. The summed E-state index contributed by atoms with van der Waals surface area (Å²) in [4.78, 5) is 21.0. The molecule has 32 heavy (non-hydrogen) atoms. The molecule has 1 heterocycles. The Balaban J connectivity index is 1.77. The molecule has 3 aromatic rings. The minimum absolute atomic E-state index is 0.0211. The topological polar surface area (TPSA) is 129 Å². The lowest BCUT2D eigenvalue weighted by atomic mass is 10.0. The number of nitro groups is 2. The van der Waals surface area contributed by atoms with Crippen molar-refractivity contribution in [2.75, 3.05) is 18.6 Å². The van der Waals surface area contributed by atoms with Crippen LogP contribution in [0.4, 0.5) is 17.1 Å². The summed E-state index contributed by atoms with van der Waals surface area (Å²) in [5.41, 5.74) is 3.79. The zero-order valence-electron chi connectivity index (χ0n) is 16.4. The van der Waals surface area contributed by atoms with E-state index >= 15 is 0 Å². The van der Waals surface area contributed by atoms with Gasteiger partial charge in [-0.25, -0.2) is 0 Å². The van der Waals surface area contributed by atoms with Crippen LogP contribution in [0.25, 0.3) is 0 Å². The third kappa shape index (κ3) is 4.52. The summed E-state index contributed by atoms with van der Waals surface area (Å²) < 4.78 is 12.1. The largest absolute Gasteiger partial charge is 0.486 e. The number of anilines is 1. The van der Waals surface area contributed by atoms with Gasteiger partial charge in [0.15, 0.2) is 11.5 Å². The smallest absolute Gasteiger partial charge is 0.301 e. The summed E-state index contributed by atoms with van der Waals surface area (Å²) in [7, 11) is 0. The molecule has 0 saturated carbocycles. The van der Waals surface area contributed by atoms with Crippen molar-refractivity contribution in [2.45, 2.75) is 0 Å². The number of nitro benzene ring substituents is 2. The summed E-state index contributed by atoms with van der Waals surface area (Å²) in [6.45, 7) is 0.889. The van der Waals surface area contributed by atoms with Gasteiger partial charge in [0.1, 0.15) is 18.9 Å². The summed E-state index contributed by atoms with van der Waals surface area (Å²) in [6.07, 6.45) is 0. The van der Waals surface area contributed by atoms with E-state index in [4.69, 9.17) is 9.47 Å². The predicted octanol–water partition coefficient (Wildman–Crippen LogP) is 4.90. The van der Waals surface area contributed by atoms with Crippen molar-refractivity contribution in [3.8, 4) is 11.5 Å². The highest BCUT2D eigenvalue weighted by atomic mass is 79.9. The Bertz CT molecular complexity index is 1230. The van der Waals surface area contributed by atoms with Gasteiger partial charge in [0.25, 0.3) is 5.69 Å². The zero-order chi connectivity index (χ0) is 22.7. The maximum Gasteiger partial charge on any atom is 0.301 e. The zero-order valence-corrected chi connectivity index (χ0v) is 17.9. The van der Waals surface area contributed by atoms with Crippen LogP contribution in [0, 0.1) is 20.2 Å². The van der Waals surface area contributed by atoms with Gasteiger partial charge in [-0.2, -0.15) is 5.10 Å². The van der Waals surface area contributed by atoms with Crippen LogP contribution < -0.4 is 14.9 Å². The molecule has 162 valence electrons. The lowest BCUT2D eigenvalue weighted by molar-refractivity contribution is -0.393. The first-order valence-electron chi connectivity index (χ1n) is 9.35. The highest BCUT2D eigenvalue weighted by Gasteiger charge is 2.20. The average molecular weight is 499 g/mol. The van der Waals surface area contributed by atoms with E-state index in [1.165, 1.54) is 12.1 Å². The van der Waals surface area contributed by atoms with Gasteiger partial charge in [-0.15, -0.1) is 0 Å². The van der Waals surface area contributed by atoms with Crippen LogP contribution >= 0.6 is 15.9 Å². The number of fused-ring (bicyclic) bond motifs is 1. The van der Waals surface area contributed by atoms with E-state index in [9.17, 15) is 20.2 Å². The molecule has 0 atom stereocenters. The Morgan fingerprint density at radius 3 is 2.25 bits per heavy atom. The fraction of sp³-hybridized carbons (Fsp3) is 0.0952. The number of hydrogen-bond donors (Lipinski definition) is 1. The van der Waals surface area contributed by atoms with Crippen LogP contribution in [0.1, 0.15) is 11.1 Å². The number of nitrogens with zero attached hydrogens (tertiary/aromatic N) is 3. The van der Waals surface area contributed by atoms with E-state index in [-0.39, 0.29) is 11.4 Å². The van der Waals surface area contributed by atoms with E-state index < -0.39 is 15.5 Å². The molecule has 0 amide bonds. The molecule has 0 spiro atoms. The molecule has 0 aliphatic carbocycles. The maximum absolute atomic E-state index is 11.4. The molecule has 0 aromatic heterocycles. The number of ether oxygens (including phenoxy) is 2. The van der Waals surface area contributed by atoms with Gasteiger partial charge < -0.3 is 9.47 Å². The molecule has 1 N–H and O–H groups in total. The fourth-order valence-electron chi connectivity index (χ4n) is 3.09. The Morgan fingerprint density at radius 1 is 0.875 bits per heavy atom. The Labute approximate surface area is 189 Å². The number of halogens is 1. The second-order valence-corrected chi connectivity index (χ2v) is 7.57. The first kappa shape index (κ1) is 21.2. The predicted molar refractivity (Wildman–Crippen MR) is 121 cm³/mol. The van der Waals surface area contributed by atoms with Crippen molar-refractivity contribution in [1.29, 1.82) is 0 Å². The second-order valence-electron chi connectivity index (χ2n) is 6.65. The number of benzene rings is 3. The summed E-state index contributed by atoms with van der Waals surface area (Å²) in [6, 6.07) is 16.0. The van der Waals surface area contributed by atoms with Crippen LogP contribution in [0.3, 0.4) is 0 Å². The first-order chi connectivity index (χ1) is 15.4. The van der Waals surface area contributed by atoms with Crippen molar-refractivity contribution in [3.63, 3.8) is 0 Å². The Morgan fingerprint density at radius 2 is 1.56 bits per heavy atom. The number of non-ortho nitro benzene ring substituents is 1. The van der Waals surface area contributed by atoms with Crippen LogP contribution in [-0.4, -0.2) is 28.8 Å². The third-order valence-electron chi connectivity index (χ3n) is 4.61. The van der Waals surface area contributed by atoms with Crippen LogP contribution in [0.2, 0.25) is 0 Å². The van der Waals surface area contributed by atoms with Crippen molar-refractivity contribution in [2.24, 2.45) is 5.10 Å². The van der Waals surface area contributed by atoms with Crippen LogP contribution in [0.15, 0.2) is 70.2 Å². The quantitative estimate of drug-likeness (QED) is 0.290. The van der Waals surface area contributed by atoms with Gasteiger partial charge in [-0.1, -0.05) is 28.1 Å². The molecular formula is C21H15BrN4O6. The van der Waals surface area contributed by atoms with Gasteiger partial charge in [0, 0.05) is 21.7 Å². The molecular weight excluding hydrogens is 484 g/mol. The van der Waals surface area contributed by atoms with Gasteiger partial charge >= 0.3 is 5.69 Å². The molecule has 10 nitrogen and oxygen atoms in total. The van der Waals surface area contributed by atoms with E-state index in [0.29, 0.717) is 36.0 Å². The monoisotopic (exact) mass is 498 g/mol. The fourth-order valence-corrected chi connectivity index (χ4v) is 3.35. The van der Waals surface area contributed by atoms with Crippen molar-refractivity contribution in [3.05, 3.63) is 96.5 Å². The molecule has 0 fully saturated rings. The lowest BCUT2D eigenvalue weighted by Crippen LogP contribution is -2.16. The minimum Gasteiger partial charge on any atom is -0.486 e. The van der Waals surface area contributed by atoms with Crippen molar-refractivity contribution in [1.82, 2.24) is 0 Å². The summed E-state index contributed by atoms with van der Waals surface area (Å²) in [5.74, 6) is 1.19. The minimum atomic E-state index is -0.700. The standard InChI is InChI=1S/C21H15BrN4O6/c22-15-4-1-13(2-5-15)21(14-3-8-19-20(11-14)32-10-9-31-19)24-23-17-7-6-16(25(27)28)12-18(17)26(29)30/h1-8,11-12,23H,9-10H2/b24-21-. The first-order valence-corrected chi connectivity index (χ1v) is 10.1. The number of rotatable bonds is 6. The molecule has 1 aliphatic rings. The van der Waals surface area contributed by atoms with E-state index in [2.05, 4.69) is 26.5 Å². The molecule has 3 aromatic carbocycles. The highest BCUT2D eigenvalue weighted by Crippen LogP contribution is 2.33. The lowest BCUT2D eigenvalue weighted by Gasteiger charge is -2.19. The van der Waals surface area contributed by atoms with Crippen molar-refractivity contribution >= 4 is 38.7 Å². The highest BCUT2D eigenvalue weighted by molar-refractivity contribution is 9.10. The molecule has 0 radical (unpaired) electrons. The molecule has 0 saturated heterocycles. The van der Waals surface area contributed by atoms with E-state index in [0.717, 1.165) is 16.1 Å². The van der Waals surface area contributed by atoms with Gasteiger partial charge in [0.2, 0.25) is 0 Å². The summed E-state index contributed by atoms with van der Waals surface area (Å²) >= 11 is 3.40. The average Bonchev–Trinajstić information content (AvgIpc) is 2.80. The molecule has 4 rings (SSSR count). The van der Waals surface area contributed by atoms with E-state index in [1.54, 1.807) is 18.2 Å². The van der Waals surface area contributed by atoms with Crippen LogP contribution in [-0.2, 0) is 0 Å². The number of nitrogens with one attached hydrogen (secondary N) is 1. The molecule has 0 bridgehead atoms. The van der Waals surface area contributed by atoms with Gasteiger partial charge in [-0.05, 0) is 36.4 Å². The molecule has 1 aliphatic heterocycles. The normalized spacial score (nSPS) is 12.8. The second kappa shape index (κ2) is 9.02.